The molecule has 2 amide bonds. The zero-order chi connectivity index (χ0) is 18.7. The Bertz CT molecular complexity index is 878. The van der Waals surface area contributed by atoms with Gasteiger partial charge in [-0.2, -0.15) is 0 Å². The van der Waals surface area contributed by atoms with Crippen molar-refractivity contribution in [3.63, 3.8) is 0 Å². The number of imide groups is 1. The summed E-state index contributed by atoms with van der Waals surface area (Å²) in [5.74, 6) is -1.88. The van der Waals surface area contributed by atoms with E-state index in [2.05, 4.69) is 0 Å². The molecule has 1 heterocycles. The lowest BCUT2D eigenvalue weighted by Gasteiger charge is -2.12. The molecule has 0 atom stereocenters. The average Bonchev–Trinajstić information content (AvgIpc) is 2.89. The Hall–Kier alpha value is -3.02. The van der Waals surface area contributed by atoms with Gasteiger partial charge in [0.15, 0.2) is 0 Å². The molecule has 1 aliphatic heterocycles. The first kappa shape index (κ1) is 17.8. The summed E-state index contributed by atoms with van der Waals surface area (Å²) in [7, 11) is 0. The summed E-state index contributed by atoms with van der Waals surface area (Å²) in [6, 6.07) is 10.3. The van der Waals surface area contributed by atoms with Gasteiger partial charge >= 0.3 is 5.97 Å². The van der Waals surface area contributed by atoms with Crippen LogP contribution in [0.4, 0.5) is 4.39 Å². The fraction of sp³-hybridized carbons (Fsp3) is 0.250. The lowest BCUT2D eigenvalue weighted by molar-refractivity contribution is 0.0468. The summed E-state index contributed by atoms with van der Waals surface area (Å²) in [6.07, 6.45) is 1.59. The zero-order valence-electron chi connectivity index (χ0n) is 14.3. The molecule has 3 rings (SSSR count). The number of fused-ring (bicyclic) bond motifs is 1. The summed E-state index contributed by atoms with van der Waals surface area (Å²) in [6.45, 7) is 2.12. The molecule has 0 aliphatic carbocycles. The number of carbonyl (C=O) groups is 3. The van der Waals surface area contributed by atoms with Crippen LogP contribution < -0.4 is 0 Å². The molecule has 1 aliphatic rings. The SMILES string of the molecule is CCCCN1C(=O)c2ccc(C(=O)OCc3ccccc3F)cc2C1=O. The van der Waals surface area contributed by atoms with Gasteiger partial charge in [0.1, 0.15) is 12.4 Å². The molecule has 2 aromatic rings. The van der Waals surface area contributed by atoms with Gasteiger partial charge in [0.2, 0.25) is 0 Å². The van der Waals surface area contributed by atoms with Gasteiger partial charge in [-0.3, -0.25) is 14.5 Å². The van der Waals surface area contributed by atoms with Gasteiger partial charge in [-0.15, -0.1) is 0 Å². The Morgan fingerprint density at radius 2 is 1.81 bits per heavy atom. The van der Waals surface area contributed by atoms with Gasteiger partial charge in [0.05, 0.1) is 16.7 Å². The largest absolute Gasteiger partial charge is 0.457 e. The van der Waals surface area contributed by atoms with Crippen LogP contribution in [0.1, 0.15) is 56.4 Å². The van der Waals surface area contributed by atoms with E-state index in [1.54, 1.807) is 12.1 Å². The number of ether oxygens (including phenoxy) is 1. The Morgan fingerprint density at radius 3 is 2.54 bits per heavy atom. The van der Waals surface area contributed by atoms with Crippen LogP contribution in [-0.2, 0) is 11.3 Å². The first-order valence-corrected chi connectivity index (χ1v) is 8.43. The number of amides is 2. The molecule has 0 aromatic heterocycles. The quantitative estimate of drug-likeness (QED) is 0.587. The molecular weight excluding hydrogens is 337 g/mol. The van der Waals surface area contributed by atoms with E-state index in [4.69, 9.17) is 4.74 Å². The summed E-state index contributed by atoms with van der Waals surface area (Å²) >= 11 is 0. The topological polar surface area (TPSA) is 63.7 Å². The molecule has 0 saturated heterocycles. The van der Waals surface area contributed by atoms with Gasteiger partial charge in [0.25, 0.3) is 11.8 Å². The second-order valence-corrected chi connectivity index (χ2v) is 6.04. The van der Waals surface area contributed by atoms with Gasteiger partial charge in [0, 0.05) is 12.1 Å². The van der Waals surface area contributed by atoms with E-state index >= 15 is 0 Å². The number of carbonyl (C=O) groups excluding carboxylic acids is 3. The summed E-state index contributed by atoms with van der Waals surface area (Å²) in [4.78, 5) is 38.1. The van der Waals surface area contributed by atoms with Crippen LogP contribution in [-0.4, -0.2) is 29.2 Å². The number of hydrogen-bond donors (Lipinski definition) is 0. The Kier molecular flexibility index (Phi) is 5.11. The minimum absolute atomic E-state index is 0.151. The monoisotopic (exact) mass is 355 g/mol. The van der Waals surface area contributed by atoms with E-state index in [1.807, 2.05) is 6.92 Å². The summed E-state index contributed by atoms with van der Waals surface area (Å²) in [5, 5.41) is 0. The Labute approximate surface area is 150 Å². The van der Waals surface area contributed by atoms with Crippen LogP contribution in [0.2, 0.25) is 0 Å². The Morgan fingerprint density at radius 1 is 1.08 bits per heavy atom. The van der Waals surface area contributed by atoms with Gasteiger partial charge in [-0.05, 0) is 30.7 Å². The molecule has 0 fully saturated rings. The molecule has 6 heteroatoms. The molecule has 134 valence electrons. The van der Waals surface area contributed by atoms with Crippen LogP contribution in [0.5, 0.6) is 0 Å². The van der Waals surface area contributed by atoms with E-state index in [-0.39, 0.29) is 34.8 Å². The van der Waals surface area contributed by atoms with Crippen molar-refractivity contribution in [1.82, 2.24) is 4.90 Å². The van der Waals surface area contributed by atoms with Crippen molar-refractivity contribution in [3.8, 4) is 0 Å². The number of benzene rings is 2. The fourth-order valence-corrected chi connectivity index (χ4v) is 2.78. The van der Waals surface area contributed by atoms with Crippen LogP contribution in [0.3, 0.4) is 0 Å². The standard InChI is InChI=1S/C20H18FNO4/c1-2-3-10-22-18(23)15-9-8-13(11-16(15)19(22)24)20(25)26-12-14-6-4-5-7-17(14)21/h4-9,11H,2-3,10,12H2,1H3. The number of esters is 1. The zero-order valence-corrected chi connectivity index (χ0v) is 14.3. The smallest absolute Gasteiger partial charge is 0.338 e. The number of rotatable bonds is 6. The molecule has 2 aromatic carbocycles. The van der Waals surface area contributed by atoms with E-state index in [9.17, 15) is 18.8 Å². The molecule has 0 unspecified atom stereocenters. The molecule has 0 radical (unpaired) electrons. The third-order valence-electron chi connectivity index (χ3n) is 4.26. The maximum Gasteiger partial charge on any atom is 0.338 e. The lowest BCUT2D eigenvalue weighted by atomic mass is 10.1. The molecular formula is C20H18FNO4. The van der Waals surface area contributed by atoms with Crippen molar-refractivity contribution in [2.45, 2.75) is 26.4 Å². The van der Waals surface area contributed by atoms with Crippen LogP contribution in [0, 0.1) is 5.82 Å². The van der Waals surface area contributed by atoms with Crippen molar-refractivity contribution >= 4 is 17.8 Å². The first-order chi connectivity index (χ1) is 12.5. The number of nitrogens with zero attached hydrogens (tertiary/aromatic N) is 1. The maximum absolute atomic E-state index is 13.6. The van der Waals surface area contributed by atoms with Crippen molar-refractivity contribution < 1.29 is 23.5 Å². The highest BCUT2D eigenvalue weighted by Gasteiger charge is 2.35. The van der Waals surface area contributed by atoms with E-state index < -0.39 is 17.7 Å². The summed E-state index contributed by atoms with van der Waals surface area (Å²) < 4.78 is 18.7. The predicted molar refractivity (Wildman–Crippen MR) is 92.2 cm³/mol. The molecule has 0 N–H and O–H groups in total. The van der Waals surface area contributed by atoms with E-state index in [0.29, 0.717) is 6.54 Å². The minimum Gasteiger partial charge on any atom is -0.457 e. The lowest BCUT2D eigenvalue weighted by Crippen LogP contribution is -2.30. The molecule has 0 spiro atoms. The van der Waals surface area contributed by atoms with E-state index in [1.165, 1.54) is 35.2 Å². The fourth-order valence-electron chi connectivity index (χ4n) is 2.78. The van der Waals surface area contributed by atoms with Crippen molar-refractivity contribution in [3.05, 3.63) is 70.5 Å². The Balaban J connectivity index is 1.74. The highest BCUT2D eigenvalue weighted by molar-refractivity contribution is 6.21. The third-order valence-corrected chi connectivity index (χ3v) is 4.26. The highest BCUT2D eigenvalue weighted by atomic mass is 19.1. The predicted octanol–water partition coefficient (Wildman–Crippen LogP) is 3.58. The average molecular weight is 355 g/mol. The van der Waals surface area contributed by atoms with Gasteiger partial charge in [-0.25, -0.2) is 9.18 Å². The molecule has 0 saturated carbocycles. The first-order valence-electron chi connectivity index (χ1n) is 8.43. The van der Waals surface area contributed by atoms with Crippen LogP contribution in [0.15, 0.2) is 42.5 Å². The number of hydrogen-bond acceptors (Lipinski definition) is 4. The van der Waals surface area contributed by atoms with Gasteiger partial charge < -0.3 is 4.74 Å². The second kappa shape index (κ2) is 7.47. The van der Waals surface area contributed by atoms with Crippen molar-refractivity contribution in [2.75, 3.05) is 6.54 Å². The molecule has 26 heavy (non-hydrogen) atoms. The van der Waals surface area contributed by atoms with Crippen LogP contribution in [0.25, 0.3) is 0 Å². The van der Waals surface area contributed by atoms with Crippen LogP contribution >= 0.6 is 0 Å². The number of unbranched alkanes of at least 4 members (excludes halogenated alkanes) is 1. The normalized spacial score (nSPS) is 13.1. The van der Waals surface area contributed by atoms with Gasteiger partial charge in [-0.1, -0.05) is 31.5 Å². The third kappa shape index (κ3) is 3.35. The highest BCUT2D eigenvalue weighted by Crippen LogP contribution is 2.25. The minimum atomic E-state index is -0.677. The second-order valence-electron chi connectivity index (χ2n) is 6.04. The molecule has 0 bridgehead atoms. The van der Waals surface area contributed by atoms with E-state index in [0.717, 1.165) is 12.8 Å². The molecule has 5 nitrogen and oxygen atoms in total. The number of halogens is 1. The van der Waals surface area contributed by atoms with Crippen molar-refractivity contribution in [2.24, 2.45) is 0 Å². The van der Waals surface area contributed by atoms with Crippen molar-refractivity contribution in [1.29, 1.82) is 0 Å². The summed E-state index contributed by atoms with van der Waals surface area (Å²) in [5.41, 5.74) is 0.904. The maximum atomic E-state index is 13.6.